The van der Waals surface area contributed by atoms with Crippen LogP contribution in [-0.4, -0.2) is 0 Å². The van der Waals surface area contributed by atoms with Gasteiger partial charge in [0.05, 0.1) is 5.38 Å². The van der Waals surface area contributed by atoms with Gasteiger partial charge in [-0.25, -0.2) is 0 Å². The number of thiophene rings is 1. The summed E-state index contributed by atoms with van der Waals surface area (Å²) in [6, 6.07) is 9.02. The van der Waals surface area contributed by atoms with E-state index in [4.69, 9.17) is 11.6 Å². The van der Waals surface area contributed by atoms with Crippen LogP contribution in [0.3, 0.4) is 0 Å². The molecule has 1 aromatic carbocycles. The molecular weight excluding hydrogens is 296 g/mol. The first-order valence-corrected chi connectivity index (χ1v) is 9.11. The van der Waals surface area contributed by atoms with Gasteiger partial charge in [-0.3, -0.25) is 0 Å². The smallest absolute Gasteiger partial charge is 0.0933 e. The Morgan fingerprint density at radius 2 is 1.71 bits per heavy atom. The van der Waals surface area contributed by atoms with Crippen LogP contribution in [-0.2, 0) is 6.42 Å². The molecule has 0 N–H and O–H groups in total. The van der Waals surface area contributed by atoms with E-state index in [1.807, 2.05) is 0 Å². The minimum atomic E-state index is -0.0291. The predicted molar refractivity (Wildman–Crippen MR) is 96.0 cm³/mol. The zero-order chi connectivity index (χ0) is 15.6. The molecule has 0 bridgehead atoms. The Balaban J connectivity index is 2.47. The number of hydrogen-bond acceptors (Lipinski definition) is 1. The lowest BCUT2D eigenvalue weighted by atomic mass is 9.89. The molecule has 114 valence electrons. The highest BCUT2D eigenvalue weighted by molar-refractivity contribution is 7.10. The normalized spacial score (nSPS) is 13.1. The lowest BCUT2D eigenvalue weighted by Gasteiger charge is -2.20. The molecule has 0 aliphatic rings. The van der Waals surface area contributed by atoms with Gasteiger partial charge in [-0.05, 0) is 52.0 Å². The lowest BCUT2D eigenvalue weighted by molar-refractivity contribution is 0.819. The molecule has 1 atom stereocenters. The van der Waals surface area contributed by atoms with Gasteiger partial charge in [0.25, 0.3) is 0 Å². The van der Waals surface area contributed by atoms with Crippen molar-refractivity contribution < 1.29 is 0 Å². The topological polar surface area (TPSA) is 0 Å². The van der Waals surface area contributed by atoms with E-state index in [1.165, 1.54) is 27.1 Å². The highest BCUT2D eigenvalue weighted by Crippen LogP contribution is 2.39. The second-order valence-electron chi connectivity index (χ2n) is 6.22. The fourth-order valence-electron chi connectivity index (χ4n) is 2.69. The van der Waals surface area contributed by atoms with Gasteiger partial charge >= 0.3 is 0 Å². The average Bonchev–Trinajstić information content (AvgIpc) is 2.94. The van der Waals surface area contributed by atoms with Gasteiger partial charge < -0.3 is 0 Å². The minimum Gasteiger partial charge on any atom is -0.147 e. The summed E-state index contributed by atoms with van der Waals surface area (Å²) in [6.45, 7) is 11.2. The number of alkyl halides is 1. The van der Waals surface area contributed by atoms with Gasteiger partial charge in [0.2, 0.25) is 0 Å². The largest absolute Gasteiger partial charge is 0.147 e. The highest BCUT2D eigenvalue weighted by Gasteiger charge is 2.20. The Hall–Kier alpha value is -0.790. The Morgan fingerprint density at radius 1 is 1.00 bits per heavy atom. The van der Waals surface area contributed by atoms with E-state index in [-0.39, 0.29) is 5.38 Å². The van der Waals surface area contributed by atoms with Crippen molar-refractivity contribution in [3.63, 3.8) is 0 Å². The van der Waals surface area contributed by atoms with E-state index in [1.54, 1.807) is 11.3 Å². The average molecular weight is 321 g/mol. The number of benzene rings is 1. The van der Waals surface area contributed by atoms with E-state index in [9.17, 15) is 0 Å². The third-order valence-corrected chi connectivity index (χ3v) is 5.67. The summed E-state index contributed by atoms with van der Waals surface area (Å²) < 4.78 is 0. The van der Waals surface area contributed by atoms with Crippen molar-refractivity contribution >= 4 is 22.9 Å². The maximum absolute atomic E-state index is 6.85. The summed E-state index contributed by atoms with van der Waals surface area (Å²) in [7, 11) is 0. The summed E-state index contributed by atoms with van der Waals surface area (Å²) in [4.78, 5) is 1.30. The summed E-state index contributed by atoms with van der Waals surface area (Å²) in [6.07, 6.45) is 1.04. The van der Waals surface area contributed by atoms with Crippen LogP contribution in [0.15, 0.2) is 29.6 Å². The fourth-order valence-corrected chi connectivity index (χ4v) is 4.17. The minimum absolute atomic E-state index is 0.0291. The van der Waals surface area contributed by atoms with Gasteiger partial charge in [-0.15, -0.1) is 22.9 Å². The third-order valence-electron chi connectivity index (χ3n) is 4.06. The molecule has 2 aromatic rings. The zero-order valence-electron chi connectivity index (χ0n) is 13.6. The third kappa shape index (κ3) is 3.52. The first kappa shape index (κ1) is 16.6. The number of rotatable bonds is 5. The summed E-state index contributed by atoms with van der Waals surface area (Å²) in [5, 5.41) is 2.12. The Bertz CT molecular complexity index is 595. The second-order valence-corrected chi connectivity index (χ2v) is 7.61. The maximum Gasteiger partial charge on any atom is 0.0933 e. The predicted octanol–water partition coefficient (Wildman–Crippen LogP) is 6.89. The van der Waals surface area contributed by atoms with Gasteiger partial charge in [0, 0.05) is 4.88 Å². The van der Waals surface area contributed by atoms with Crippen molar-refractivity contribution in [1.82, 2.24) is 0 Å². The number of aryl methyl sites for hydroxylation is 1. The first-order chi connectivity index (χ1) is 9.95. The van der Waals surface area contributed by atoms with Crippen molar-refractivity contribution in [2.24, 2.45) is 0 Å². The molecule has 0 saturated carbocycles. The van der Waals surface area contributed by atoms with Gasteiger partial charge in [0.15, 0.2) is 0 Å². The van der Waals surface area contributed by atoms with E-state index in [0.717, 1.165) is 6.42 Å². The van der Waals surface area contributed by atoms with E-state index < -0.39 is 0 Å². The van der Waals surface area contributed by atoms with Crippen LogP contribution in [0.1, 0.15) is 79.0 Å². The van der Waals surface area contributed by atoms with Crippen molar-refractivity contribution in [2.75, 3.05) is 0 Å². The lowest BCUT2D eigenvalue weighted by Crippen LogP contribution is -2.03. The van der Waals surface area contributed by atoms with Crippen LogP contribution in [0.2, 0.25) is 0 Å². The highest BCUT2D eigenvalue weighted by atomic mass is 35.5. The van der Waals surface area contributed by atoms with Crippen molar-refractivity contribution in [2.45, 2.75) is 58.3 Å². The van der Waals surface area contributed by atoms with Crippen LogP contribution >= 0.6 is 22.9 Å². The molecule has 0 aliphatic carbocycles. The van der Waals surface area contributed by atoms with Crippen LogP contribution in [0.5, 0.6) is 0 Å². The second kappa shape index (κ2) is 6.98. The molecule has 1 heterocycles. The molecule has 0 spiro atoms. The molecule has 1 unspecified atom stereocenters. The molecule has 0 fully saturated rings. The molecule has 0 saturated heterocycles. The van der Waals surface area contributed by atoms with Gasteiger partial charge in [0.1, 0.15) is 0 Å². The van der Waals surface area contributed by atoms with Gasteiger partial charge in [-0.1, -0.05) is 52.8 Å². The quantitative estimate of drug-likeness (QED) is 0.526. The Morgan fingerprint density at radius 3 is 2.29 bits per heavy atom. The molecular formula is C19H25ClS. The first-order valence-electron chi connectivity index (χ1n) is 7.79. The maximum atomic E-state index is 6.85. The van der Waals surface area contributed by atoms with Crippen molar-refractivity contribution in [1.29, 1.82) is 0 Å². The van der Waals surface area contributed by atoms with Crippen LogP contribution in [0.25, 0.3) is 0 Å². The van der Waals surface area contributed by atoms with E-state index in [2.05, 4.69) is 64.3 Å². The van der Waals surface area contributed by atoms with Crippen molar-refractivity contribution in [3.05, 3.63) is 56.8 Å². The SMILES string of the molecule is CCc1ccsc1C(Cl)c1ccc(C(C)C)cc1C(C)C. The molecule has 1 aromatic heterocycles. The van der Waals surface area contributed by atoms with Crippen LogP contribution in [0.4, 0.5) is 0 Å². The Labute approximate surface area is 138 Å². The molecule has 0 nitrogen and oxygen atoms in total. The summed E-state index contributed by atoms with van der Waals surface area (Å²) in [5.41, 5.74) is 5.43. The molecule has 2 rings (SSSR count). The van der Waals surface area contributed by atoms with Crippen LogP contribution in [0, 0.1) is 0 Å². The zero-order valence-corrected chi connectivity index (χ0v) is 15.2. The van der Waals surface area contributed by atoms with Crippen molar-refractivity contribution in [3.8, 4) is 0 Å². The van der Waals surface area contributed by atoms with E-state index in [0.29, 0.717) is 11.8 Å². The Kier molecular flexibility index (Phi) is 5.51. The molecule has 21 heavy (non-hydrogen) atoms. The molecule has 0 radical (unpaired) electrons. The van der Waals surface area contributed by atoms with Crippen LogP contribution < -0.4 is 0 Å². The number of hydrogen-bond donors (Lipinski definition) is 0. The number of halogens is 1. The fraction of sp³-hybridized carbons (Fsp3) is 0.474. The molecule has 0 aliphatic heterocycles. The molecule has 0 amide bonds. The van der Waals surface area contributed by atoms with Gasteiger partial charge in [-0.2, -0.15) is 0 Å². The molecule has 2 heteroatoms. The van der Waals surface area contributed by atoms with E-state index >= 15 is 0 Å². The monoisotopic (exact) mass is 320 g/mol. The summed E-state index contributed by atoms with van der Waals surface area (Å²) in [5.74, 6) is 1.04. The summed E-state index contributed by atoms with van der Waals surface area (Å²) >= 11 is 8.62. The standard InChI is InChI=1S/C19H25ClS/c1-6-14-9-10-21-19(14)18(20)16-8-7-15(12(2)3)11-17(16)13(4)5/h7-13,18H,6H2,1-5H3.